The van der Waals surface area contributed by atoms with Crippen molar-refractivity contribution in [2.75, 3.05) is 18.1 Å². The first-order valence-electron chi connectivity index (χ1n) is 7.01. The summed E-state index contributed by atoms with van der Waals surface area (Å²) in [5.41, 5.74) is 0. The maximum absolute atomic E-state index is 11.4. The molecule has 0 aromatic rings. The monoisotopic (exact) mass is 261 g/mol. The van der Waals surface area contributed by atoms with Gasteiger partial charge in [0.2, 0.25) is 0 Å². The van der Waals surface area contributed by atoms with Gasteiger partial charge in [0, 0.05) is 6.04 Å². The topological polar surface area (TPSA) is 46.2 Å². The van der Waals surface area contributed by atoms with Gasteiger partial charge in [-0.2, -0.15) is 0 Å². The summed E-state index contributed by atoms with van der Waals surface area (Å²) >= 11 is 0. The molecule has 0 aromatic carbocycles. The Kier molecular flexibility index (Phi) is 6.49. The van der Waals surface area contributed by atoms with Crippen molar-refractivity contribution in [3.8, 4) is 0 Å². The summed E-state index contributed by atoms with van der Waals surface area (Å²) in [5.74, 6) is 1.22. The van der Waals surface area contributed by atoms with E-state index in [0.29, 0.717) is 23.5 Å². The van der Waals surface area contributed by atoms with Crippen LogP contribution in [-0.4, -0.2) is 32.5 Å². The van der Waals surface area contributed by atoms with Gasteiger partial charge in [0.25, 0.3) is 0 Å². The molecule has 0 amide bonds. The van der Waals surface area contributed by atoms with Crippen molar-refractivity contribution in [3.05, 3.63) is 0 Å². The van der Waals surface area contributed by atoms with Gasteiger partial charge in [-0.15, -0.1) is 0 Å². The van der Waals surface area contributed by atoms with E-state index in [0.717, 1.165) is 25.8 Å². The molecule has 0 aromatic heterocycles. The Morgan fingerprint density at radius 3 is 2.59 bits per heavy atom. The number of hydrogen-bond donors (Lipinski definition) is 1. The van der Waals surface area contributed by atoms with Gasteiger partial charge in [-0.1, -0.05) is 26.7 Å². The van der Waals surface area contributed by atoms with E-state index in [1.54, 1.807) is 0 Å². The summed E-state index contributed by atoms with van der Waals surface area (Å²) in [6.07, 6.45) is 6.70. The molecular formula is C13H27NO2S. The third-order valence-electron chi connectivity index (χ3n) is 3.53. The van der Waals surface area contributed by atoms with Gasteiger partial charge in [0.05, 0.1) is 11.5 Å². The summed E-state index contributed by atoms with van der Waals surface area (Å²) in [6, 6.07) is 0.521. The summed E-state index contributed by atoms with van der Waals surface area (Å²) < 4.78 is 22.9. The first-order valence-corrected chi connectivity index (χ1v) is 8.83. The Hall–Kier alpha value is -0.0900. The summed E-state index contributed by atoms with van der Waals surface area (Å²) in [4.78, 5) is 0. The highest BCUT2D eigenvalue weighted by atomic mass is 32.2. The molecule has 0 bridgehead atoms. The lowest BCUT2D eigenvalue weighted by Crippen LogP contribution is -2.32. The molecule has 3 nitrogen and oxygen atoms in total. The van der Waals surface area contributed by atoms with Crippen LogP contribution >= 0.6 is 0 Å². The largest absolute Gasteiger partial charge is 0.314 e. The average Bonchev–Trinajstić information content (AvgIpc) is 2.62. The third kappa shape index (κ3) is 5.87. The molecule has 1 N–H and O–H groups in total. The van der Waals surface area contributed by atoms with Crippen molar-refractivity contribution in [1.29, 1.82) is 0 Å². The lowest BCUT2D eigenvalue weighted by molar-refractivity contribution is 0.379. The van der Waals surface area contributed by atoms with Gasteiger partial charge >= 0.3 is 0 Å². The molecule has 0 radical (unpaired) electrons. The Morgan fingerprint density at radius 2 is 2.06 bits per heavy atom. The standard InChI is InChI=1S/C13H27NO2S/c1-3-5-6-13(14-8-4-2)10-12-7-9-17(15,16)11-12/h12-14H,3-11H2,1-2H3. The zero-order valence-electron chi connectivity index (χ0n) is 11.2. The number of nitrogens with one attached hydrogen (secondary N) is 1. The van der Waals surface area contributed by atoms with Crippen LogP contribution in [0.25, 0.3) is 0 Å². The molecule has 1 heterocycles. The molecule has 1 saturated heterocycles. The number of hydrogen-bond acceptors (Lipinski definition) is 3. The van der Waals surface area contributed by atoms with E-state index < -0.39 is 9.84 Å². The quantitative estimate of drug-likeness (QED) is 0.729. The fraction of sp³-hybridized carbons (Fsp3) is 1.00. The second-order valence-electron chi connectivity index (χ2n) is 5.30. The van der Waals surface area contributed by atoms with Gasteiger partial charge in [-0.3, -0.25) is 0 Å². The molecule has 17 heavy (non-hydrogen) atoms. The smallest absolute Gasteiger partial charge is 0.150 e. The van der Waals surface area contributed by atoms with Crippen molar-refractivity contribution >= 4 is 9.84 Å². The summed E-state index contributed by atoms with van der Waals surface area (Å²) in [5, 5.41) is 3.56. The maximum atomic E-state index is 11.4. The van der Waals surface area contributed by atoms with E-state index in [4.69, 9.17) is 0 Å². The van der Waals surface area contributed by atoms with Crippen LogP contribution < -0.4 is 5.32 Å². The highest BCUT2D eigenvalue weighted by molar-refractivity contribution is 7.91. The Balaban J connectivity index is 2.37. The minimum Gasteiger partial charge on any atom is -0.314 e. The fourth-order valence-electron chi connectivity index (χ4n) is 2.56. The van der Waals surface area contributed by atoms with Crippen LogP contribution in [-0.2, 0) is 9.84 Å². The SMILES string of the molecule is CCCCC(CC1CCS(=O)(=O)C1)NCCC. The van der Waals surface area contributed by atoms with Crippen molar-refractivity contribution in [2.24, 2.45) is 5.92 Å². The molecule has 4 heteroatoms. The minimum absolute atomic E-state index is 0.395. The van der Waals surface area contributed by atoms with Crippen LogP contribution in [0.3, 0.4) is 0 Å². The van der Waals surface area contributed by atoms with Crippen LogP contribution in [0.4, 0.5) is 0 Å². The van der Waals surface area contributed by atoms with Crippen molar-refractivity contribution in [3.63, 3.8) is 0 Å². The van der Waals surface area contributed by atoms with E-state index in [-0.39, 0.29) is 0 Å². The molecule has 0 saturated carbocycles. The van der Waals surface area contributed by atoms with Crippen molar-refractivity contribution in [1.82, 2.24) is 5.32 Å². The van der Waals surface area contributed by atoms with E-state index in [1.807, 2.05) is 0 Å². The average molecular weight is 261 g/mol. The second-order valence-corrected chi connectivity index (χ2v) is 7.53. The fourth-order valence-corrected chi connectivity index (χ4v) is 4.44. The first kappa shape index (κ1) is 15.0. The van der Waals surface area contributed by atoms with E-state index in [9.17, 15) is 8.42 Å². The predicted molar refractivity (Wildman–Crippen MR) is 73.0 cm³/mol. The molecule has 2 unspecified atom stereocenters. The van der Waals surface area contributed by atoms with Gasteiger partial charge in [-0.05, 0) is 38.1 Å². The summed E-state index contributed by atoms with van der Waals surface area (Å²) in [7, 11) is -2.71. The van der Waals surface area contributed by atoms with Gasteiger partial charge in [-0.25, -0.2) is 8.42 Å². The molecular weight excluding hydrogens is 234 g/mol. The second kappa shape index (κ2) is 7.37. The predicted octanol–water partition coefficient (Wildman–Crippen LogP) is 2.37. The lowest BCUT2D eigenvalue weighted by Gasteiger charge is -2.21. The molecule has 1 aliphatic rings. The van der Waals surface area contributed by atoms with Crippen LogP contribution in [0.5, 0.6) is 0 Å². The minimum atomic E-state index is -2.71. The van der Waals surface area contributed by atoms with Crippen LogP contribution in [0.2, 0.25) is 0 Å². The zero-order chi connectivity index (χ0) is 12.7. The number of rotatable bonds is 8. The lowest BCUT2D eigenvalue weighted by atomic mass is 9.96. The number of sulfone groups is 1. The third-order valence-corrected chi connectivity index (χ3v) is 5.37. The summed E-state index contributed by atoms with van der Waals surface area (Å²) in [6.45, 7) is 5.43. The van der Waals surface area contributed by atoms with Gasteiger partial charge < -0.3 is 5.32 Å². The molecule has 0 spiro atoms. The van der Waals surface area contributed by atoms with E-state index in [2.05, 4.69) is 19.2 Å². The van der Waals surface area contributed by atoms with Crippen molar-refractivity contribution in [2.45, 2.75) is 58.4 Å². The zero-order valence-corrected chi connectivity index (χ0v) is 12.1. The normalized spacial score (nSPS) is 24.9. The molecule has 0 aliphatic carbocycles. The molecule has 1 fully saturated rings. The Bertz CT molecular complexity index is 293. The molecule has 1 aliphatic heterocycles. The number of unbranched alkanes of at least 4 members (excludes halogenated alkanes) is 1. The van der Waals surface area contributed by atoms with Gasteiger partial charge in [0.1, 0.15) is 0 Å². The molecule has 2 atom stereocenters. The molecule has 102 valence electrons. The highest BCUT2D eigenvalue weighted by Gasteiger charge is 2.29. The van der Waals surface area contributed by atoms with Crippen molar-refractivity contribution < 1.29 is 8.42 Å². The first-order chi connectivity index (χ1) is 8.07. The van der Waals surface area contributed by atoms with Crippen LogP contribution in [0.15, 0.2) is 0 Å². The Labute approximate surface area is 106 Å². The Morgan fingerprint density at radius 1 is 1.29 bits per heavy atom. The van der Waals surface area contributed by atoms with E-state index >= 15 is 0 Å². The maximum Gasteiger partial charge on any atom is 0.150 e. The van der Waals surface area contributed by atoms with Gasteiger partial charge in [0.15, 0.2) is 9.84 Å². The van der Waals surface area contributed by atoms with Crippen LogP contribution in [0.1, 0.15) is 52.4 Å². The van der Waals surface area contributed by atoms with E-state index in [1.165, 1.54) is 19.3 Å². The van der Waals surface area contributed by atoms with Crippen LogP contribution in [0, 0.1) is 5.92 Å². The molecule has 1 rings (SSSR count). The highest BCUT2D eigenvalue weighted by Crippen LogP contribution is 2.24.